The molecule has 0 atom stereocenters. The number of halogens is 2. The summed E-state index contributed by atoms with van der Waals surface area (Å²) in [5.41, 5.74) is 0.759. The number of benzene rings is 2. The van der Waals surface area contributed by atoms with Crippen LogP contribution in [0, 0.1) is 0 Å². The van der Waals surface area contributed by atoms with E-state index in [2.05, 4.69) is 5.32 Å². The number of para-hydroxylation sites is 1. The summed E-state index contributed by atoms with van der Waals surface area (Å²) >= 11 is 12.1. The molecule has 0 aromatic heterocycles. The van der Waals surface area contributed by atoms with Crippen molar-refractivity contribution in [3.8, 4) is 11.5 Å². The van der Waals surface area contributed by atoms with E-state index in [1.54, 1.807) is 24.3 Å². The van der Waals surface area contributed by atoms with Gasteiger partial charge in [-0.05, 0) is 24.3 Å². The molecule has 8 heteroatoms. The first-order chi connectivity index (χ1) is 12.4. The minimum Gasteiger partial charge on any atom is -0.493 e. The summed E-state index contributed by atoms with van der Waals surface area (Å²) in [4.78, 5) is 26.0. The zero-order valence-electron chi connectivity index (χ0n) is 14.5. The molecule has 2 amide bonds. The topological polar surface area (TPSA) is 67.9 Å². The maximum Gasteiger partial charge on any atom is 0.254 e. The molecule has 0 saturated heterocycles. The van der Waals surface area contributed by atoms with Gasteiger partial charge in [0.25, 0.3) is 5.91 Å². The first-order valence-electron chi connectivity index (χ1n) is 7.58. The third-order valence-electron chi connectivity index (χ3n) is 3.56. The van der Waals surface area contributed by atoms with Crippen LogP contribution in [0.25, 0.3) is 0 Å². The van der Waals surface area contributed by atoms with Gasteiger partial charge in [-0.15, -0.1) is 0 Å². The lowest BCUT2D eigenvalue weighted by Gasteiger charge is -2.18. The van der Waals surface area contributed by atoms with Crippen LogP contribution in [0.4, 0.5) is 5.69 Å². The summed E-state index contributed by atoms with van der Waals surface area (Å²) in [6, 6.07) is 9.83. The van der Waals surface area contributed by atoms with Crippen molar-refractivity contribution in [1.29, 1.82) is 0 Å². The maximum atomic E-state index is 12.6. The van der Waals surface area contributed by atoms with Gasteiger partial charge in [0.2, 0.25) is 5.91 Å². The highest BCUT2D eigenvalue weighted by atomic mass is 35.5. The molecule has 0 saturated carbocycles. The number of anilines is 1. The first kappa shape index (κ1) is 19.9. The molecule has 0 bridgehead atoms. The van der Waals surface area contributed by atoms with E-state index in [-0.39, 0.29) is 28.9 Å². The average molecular weight is 397 g/mol. The molecular formula is C18H18Cl2N2O4. The van der Waals surface area contributed by atoms with Gasteiger partial charge in [-0.1, -0.05) is 35.3 Å². The standard InChI is InChI=1S/C18H18Cl2N2O4/c1-22(10-16(23)21-14-7-5-4-6-12(14)19)18(24)11-8-13(20)17(26-3)15(9-11)25-2/h4-9H,10H2,1-3H3,(H,21,23). The van der Waals surface area contributed by atoms with E-state index in [1.807, 2.05) is 0 Å². The van der Waals surface area contributed by atoms with Gasteiger partial charge in [0.15, 0.2) is 11.5 Å². The quantitative estimate of drug-likeness (QED) is 0.807. The van der Waals surface area contributed by atoms with Gasteiger partial charge >= 0.3 is 0 Å². The van der Waals surface area contributed by atoms with E-state index in [0.717, 1.165) is 0 Å². The fourth-order valence-electron chi connectivity index (χ4n) is 2.30. The number of carbonyl (C=O) groups excluding carboxylic acids is 2. The Balaban J connectivity index is 2.11. The molecule has 0 radical (unpaired) electrons. The minimum atomic E-state index is -0.387. The van der Waals surface area contributed by atoms with E-state index in [9.17, 15) is 9.59 Å². The second kappa shape index (κ2) is 8.78. The monoisotopic (exact) mass is 396 g/mol. The van der Waals surface area contributed by atoms with Crippen molar-refractivity contribution in [1.82, 2.24) is 4.90 Å². The number of ether oxygens (including phenoxy) is 2. The van der Waals surface area contributed by atoms with Crippen molar-refractivity contribution in [2.75, 3.05) is 33.1 Å². The van der Waals surface area contributed by atoms with Crippen LogP contribution in [0.15, 0.2) is 36.4 Å². The molecular weight excluding hydrogens is 379 g/mol. The molecule has 138 valence electrons. The fourth-order valence-corrected chi connectivity index (χ4v) is 2.77. The second-order valence-corrected chi connectivity index (χ2v) is 6.20. The molecule has 0 aliphatic rings. The van der Waals surface area contributed by atoms with Crippen LogP contribution >= 0.6 is 23.2 Å². The number of hydrogen-bond donors (Lipinski definition) is 1. The Morgan fingerprint density at radius 3 is 2.38 bits per heavy atom. The van der Waals surface area contributed by atoms with Crippen molar-refractivity contribution < 1.29 is 19.1 Å². The zero-order valence-corrected chi connectivity index (χ0v) is 16.0. The number of nitrogens with one attached hydrogen (secondary N) is 1. The number of likely N-dealkylation sites (N-methyl/N-ethyl adjacent to an activating group) is 1. The molecule has 2 rings (SSSR count). The molecule has 6 nitrogen and oxygen atoms in total. The smallest absolute Gasteiger partial charge is 0.254 e. The number of rotatable bonds is 6. The summed E-state index contributed by atoms with van der Waals surface area (Å²) in [5.74, 6) is -0.0928. The Morgan fingerprint density at radius 2 is 1.77 bits per heavy atom. The maximum absolute atomic E-state index is 12.6. The van der Waals surface area contributed by atoms with E-state index in [1.165, 1.54) is 38.3 Å². The Hall–Kier alpha value is -2.44. The molecule has 0 heterocycles. The minimum absolute atomic E-state index is 0.157. The molecule has 2 aromatic carbocycles. The molecule has 0 fully saturated rings. The van der Waals surface area contributed by atoms with E-state index >= 15 is 0 Å². The highest BCUT2D eigenvalue weighted by Gasteiger charge is 2.19. The molecule has 0 aliphatic heterocycles. The number of methoxy groups -OCH3 is 2. The van der Waals surface area contributed by atoms with Gasteiger partial charge < -0.3 is 19.7 Å². The van der Waals surface area contributed by atoms with E-state index in [0.29, 0.717) is 22.2 Å². The van der Waals surface area contributed by atoms with Crippen molar-refractivity contribution in [3.63, 3.8) is 0 Å². The molecule has 1 N–H and O–H groups in total. The van der Waals surface area contributed by atoms with Crippen LogP contribution in [-0.2, 0) is 4.79 Å². The normalized spacial score (nSPS) is 10.2. The predicted molar refractivity (Wildman–Crippen MR) is 102 cm³/mol. The van der Waals surface area contributed by atoms with Gasteiger partial charge in [-0.2, -0.15) is 0 Å². The van der Waals surface area contributed by atoms with Crippen LogP contribution < -0.4 is 14.8 Å². The second-order valence-electron chi connectivity index (χ2n) is 5.38. The first-order valence-corrected chi connectivity index (χ1v) is 8.34. The number of carbonyl (C=O) groups is 2. The summed E-state index contributed by atoms with van der Waals surface area (Å²) in [6.07, 6.45) is 0. The van der Waals surface area contributed by atoms with Crippen LogP contribution in [0.1, 0.15) is 10.4 Å². The van der Waals surface area contributed by atoms with Crippen molar-refractivity contribution in [2.24, 2.45) is 0 Å². The highest BCUT2D eigenvalue weighted by molar-refractivity contribution is 6.33. The van der Waals surface area contributed by atoms with Gasteiger partial charge in [0.05, 0.1) is 36.5 Å². The highest BCUT2D eigenvalue weighted by Crippen LogP contribution is 2.36. The third-order valence-corrected chi connectivity index (χ3v) is 4.17. The van der Waals surface area contributed by atoms with Gasteiger partial charge in [0, 0.05) is 12.6 Å². The summed E-state index contributed by atoms with van der Waals surface area (Å²) in [7, 11) is 4.42. The van der Waals surface area contributed by atoms with Crippen LogP contribution in [0.5, 0.6) is 11.5 Å². The van der Waals surface area contributed by atoms with Gasteiger partial charge in [-0.3, -0.25) is 9.59 Å². The zero-order chi connectivity index (χ0) is 19.3. The Morgan fingerprint density at radius 1 is 1.08 bits per heavy atom. The molecule has 0 spiro atoms. The Bertz CT molecular complexity index is 827. The largest absolute Gasteiger partial charge is 0.493 e. The summed E-state index contributed by atoms with van der Waals surface area (Å²) < 4.78 is 10.3. The predicted octanol–water partition coefficient (Wildman–Crippen LogP) is 3.72. The van der Waals surface area contributed by atoms with Crippen LogP contribution in [0.2, 0.25) is 10.0 Å². The molecule has 0 unspecified atom stereocenters. The van der Waals surface area contributed by atoms with Crippen molar-refractivity contribution in [3.05, 3.63) is 52.0 Å². The van der Waals surface area contributed by atoms with Crippen molar-refractivity contribution in [2.45, 2.75) is 0 Å². The Kier molecular flexibility index (Phi) is 6.71. The van der Waals surface area contributed by atoms with Crippen LogP contribution in [-0.4, -0.2) is 44.5 Å². The van der Waals surface area contributed by atoms with Crippen molar-refractivity contribution >= 4 is 40.7 Å². The lowest BCUT2D eigenvalue weighted by atomic mass is 10.1. The molecule has 26 heavy (non-hydrogen) atoms. The average Bonchev–Trinajstić information content (AvgIpc) is 2.62. The number of nitrogens with zero attached hydrogens (tertiary/aromatic N) is 1. The number of amides is 2. The van der Waals surface area contributed by atoms with Gasteiger partial charge in [0.1, 0.15) is 0 Å². The molecule has 2 aromatic rings. The lowest BCUT2D eigenvalue weighted by molar-refractivity contribution is -0.116. The third kappa shape index (κ3) is 4.59. The lowest BCUT2D eigenvalue weighted by Crippen LogP contribution is -2.35. The summed E-state index contributed by atoms with van der Waals surface area (Å²) in [6.45, 7) is -0.157. The SMILES string of the molecule is COc1cc(C(=O)N(C)CC(=O)Nc2ccccc2Cl)cc(Cl)c1OC. The number of hydrogen-bond acceptors (Lipinski definition) is 4. The Labute approximate surface area is 161 Å². The summed E-state index contributed by atoms with van der Waals surface area (Å²) in [5, 5.41) is 3.32. The fraction of sp³-hybridized carbons (Fsp3) is 0.222. The molecule has 0 aliphatic carbocycles. The van der Waals surface area contributed by atoms with E-state index < -0.39 is 0 Å². The van der Waals surface area contributed by atoms with E-state index in [4.69, 9.17) is 32.7 Å². The van der Waals surface area contributed by atoms with Gasteiger partial charge in [-0.25, -0.2) is 0 Å². The van der Waals surface area contributed by atoms with Crippen LogP contribution in [0.3, 0.4) is 0 Å².